The molecular formula is C35H42N2+2. The summed E-state index contributed by atoms with van der Waals surface area (Å²) < 4.78 is 5.07. The van der Waals surface area contributed by atoms with Crippen LogP contribution in [-0.4, -0.2) is 27.4 Å². The van der Waals surface area contributed by atoms with Gasteiger partial charge in [0.1, 0.15) is 5.56 Å². The summed E-state index contributed by atoms with van der Waals surface area (Å²) in [4.78, 5) is 0. The first-order valence-electron chi connectivity index (χ1n) is 14.7. The molecule has 0 amide bonds. The standard InChI is InChI=1S/C35H42N2/c1-5-8-20-35(7-3)24-36-25(4)37(34(36)32-14-9-10-15-33(32)35)31-13-11-12-29(23-31)28-18-16-26(17-19-28)21-30-22-27(30)6-2/h9-19,23,27,30H,5-8,20-22,24H2,1-4H3/q+2. The van der Waals surface area contributed by atoms with Crippen molar-refractivity contribution in [3.8, 4) is 11.1 Å². The fourth-order valence-corrected chi connectivity index (χ4v) is 7.02. The van der Waals surface area contributed by atoms with Gasteiger partial charge in [0.15, 0.2) is 6.54 Å². The Morgan fingerprint density at radius 1 is 0.865 bits per heavy atom. The van der Waals surface area contributed by atoms with E-state index >= 15 is 0 Å². The maximum atomic E-state index is 2.59. The van der Waals surface area contributed by atoms with Gasteiger partial charge in [0, 0.05) is 12.1 Å². The molecule has 0 spiro atoms. The summed E-state index contributed by atoms with van der Waals surface area (Å²) in [6.07, 6.45) is 8.99. The van der Waals surface area contributed by atoms with E-state index in [4.69, 9.17) is 0 Å². The minimum atomic E-state index is 0.241. The number of hydrogen-bond donors (Lipinski definition) is 0. The highest BCUT2D eigenvalue weighted by Gasteiger charge is 2.57. The van der Waals surface area contributed by atoms with E-state index in [1.807, 2.05) is 0 Å². The monoisotopic (exact) mass is 490 g/mol. The van der Waals surface area contributed by atoms with Gasteiger partial charge in [0.2, 0.25) is 5.69 Å². The first-order valence-corrected chi connectivity index (χ1v) is 14.7. The van der Waals surface area contributed by atoms with Crippen LogP contribution in [0.4, 0.5) is 5.69 Å². The smallest absolute Gasteiger partial charge is 0.0807 e. The van der Waals surface area contributed by atoms with Gasteiger partial charge in [0.25, 0.3) is 0 Å². The highest BCUT2D eigenvalue weighted by molar-refractivity contribution is 6.03. The molecular weight excluding hydrogens is 448 g/mol. The average Bonchev–Trinajstić information content (AvgIpc) is 3.70. The van der Waals surface area contributed by atoms with Crippen LogP contribution in [0.15, 0.2) is 72.8 Å². The molecule has 3 aromatic rings. The second-order valence-electron chi connectivity index (χ2n) is 11.7. The molecule has 0 bridgehead atoms. The van der Waals surface area contributed by atoms with Gasteiger partial charge in [-0.25, -0.2) is 0 Å². The molecule has 0 saturated heterocycles. The Hall–Kier alpha value is -3.00. The van der Waals surface area contributed by atoms with Gasteiger partial charge in [-0.05, 0) is 70.4 Å². The van der Waals surface area contributed by atoms with Crippen LogP contribution in [0.2, 0.25) is 0 Å². The second-order valence-corrected chi connectivity index (χ2v) is 11.7. The van der Waals surface area contributed by atoms with E-state index < -0.39 is 0 Å². The summed E-state index contributed by atoms with van der Waals surface area (Å²) in [5, 5.41) is 0. The minimum absolute atomic E-state index is 0.241. The van der Waals surface area contributed by atoms with Crippen LogP contribution in [0.3, 0.4) is 0 Å². The first-order chi connectivity index (χ1) is 18.1. The minimum Gasteiger partial charge on any atom is -0.0807 e. The van der Waals surface area contributed by atoms with Crippen LogP contribution in [0.5, 0.6) is 0 Å². The third kappa shape index (κ3) is 4.19. The Labute approximate surface area is 223 Å². The van der Waals surface area contributed by atoms with Gasteiger partial charge < -0.3 is 0 Å². The summed E-state index contributed by atoms with van der Waals surface area (Å²) in [5.74, 6) is 4.58. The van der Waals surface area contributed by atoms with Crippen molar-refractivity contribution in [1.82, 2.24) is 0 Å². The zero-order valence-electron chi connectivity index (χ0n) is 23.1. The SMILES string of the molecule is CCCCC1(CC)C[N+]2=C(c3ccccc31)[N+](c1cccc(-c3ccc(CC4CC4CC)cc3)c1)=C2C. The van der Waals surface area contributed by atoms with Crippen LogP contribution in [-0.2, 0) is 11.8 Å². The van der Waals surface area contributed by atoms with Crippen molar-refractivity contribution in [2.75, 3.05) is 6.54 Å². The van der Waals surface area contributed by atoms with E-state index in [1.54, 1.807) is 5.56 Å². The second kappa shape index (κ2) is 9.71. The fraction of sp³-hybridized carbons (Fsp3) is 0.429. The van der Waals surface area contributed by atoms with E-state index in [0.717, 1.165) is 18.4 Å². The third-order valence-electron chi connectivity index (χ3n) is 9.55. The van der Waals surface area contributed by atoms with Crippen LogP contribution in [0.1, 0.15) is 82.9 Å². The molecule has 1 aliphatic carbocycles. The van der Waals surface area contributed by atoms with Crippen LogP contribution in [0, 0.1) is 11.8 Å². The highest BCUT2D eigenvalue weighted by atomic mass is 15.3. The van der Waals surface area contributed by atoms with Crippen molar-refractivity contribution in [2.45, 2.75) is 78.1 Å². The molecule has 0 radical (unpaired) electrons. The summed E-state index contributed by atoms with van der Waals surface area (Å²) in [7, 11) is 0. The summed E-state index contributed by atoms with van der Waals surface area (Å²) in [5.41, 5.74) is 8.55. The van der Waals surface area contributed by atoms with Crippen LogP contribution >= 0.6 is 0 Å². The molecule has 3 atom stereocenters. The molecule has 37 heavy (non-hydrogen) atoms. The normalized spacial score (nSPS) is 24.0. The molecule has 3 aliphatic rings. The predicted octanol–water partition coefficient (Wildman–Crippen LogP) is 8.33. The third-order valence-corrected chi connectivity index (χ3v) is 9.55. The average molecular weight is 491 g/mol. The summed E-state index contributed by atoms with van der Waals surface area (Å²) >= 11 is 0. The molecule has 3 aromatic carbocycles. The maximum Gasteiger partial charge on any atom is 0.467 e. The van der Waals surface area contributed by atoms with Crippen molar-refractivity contribution in [2.24, 2.45) is 11.8 Å². The number of rotatable bonds is 9. The molecule has 3 unspecified atom stereocenters. The molecule has 190 valence electrons. The molecule has 2 nitrogen and oxygen atoms in total. The number of hydrogen-bond acceptors (Lipinski definition) is 0. The maximum absolute atomic E-state index is 2.59. The zero-order chi connectivity index (χ0) is 25.6. The molecule has 1 fully saturated rings. The van der Waals surface area contributed by atoms with E-state index in [0.29, 0.717) is 0 Å². The fourth-order valence-electron chi connectivity index (χ4n) is 7.02. The Morgan fingerprint density at radius 2 is 1.68 bits per heavy atom. The molecule has 2 aliphatic heterocycles. The van der Waals surface area contributed by atoms with Crippen LogP contribution < -0.4 is 0 Å². The number of nitrogens with zero attached hydrogens (tertiary/aromatic N) is 2. The van der Waals surface area contributed by atoms with Gasteiger partial charge in [-0.2, -0.15) is 0 Å². The molecule has 6 rings (SSSR count). The summed E-state index contributed by atoms with van der Waals surface area (Å²) in [6, 6.07) is 27.7. The number of amidine groups is 2. The molecule has 0 aromatic heterocycles. The molecule has 0 N–H and O–H groups in total. The number of unbranched alkanes of at least 4 members (excludes halogenated alkanes) is 1. The zero-order valence-corrected chi connectivity index (χ0v) is 23.1. The van der Waals surface area contributed by atoms with E-state index in [-0.39, 0.29) is 5.41 Å². The lowest BCUT2D eigenvalue weighted by Crippen LogP contribution is -2.56. The van der Waals surface area contributed by atoms with Crippen molar-refractivity contribution in [3.05, 3.63) is 89.5 Å². The molecule has 1 saturated carbocycles. The van der Waals surface area contributed by atoms with E-state index in [2.05, 4.69) is 110 Å². The van der Waals surface area contributed by atoms with Gasteiger partial charge in [-0.3, -0.25) is 0 Å². The van der Waals surface area contributed by atoms with Crippen molar-refractivity contribution < 1.29 is 9.15 Å². The Balaban J connectivity index is 1.29. The lowest BCUT2D eigenvalue weighted by molar-refractivity contribution is -0.587. The topological polar surface area (TPSA) is 6.02 Å². The van der Waals surface area contributed by atoms with E-state index in [1.165, 1.54) is 84.6 Å². The largest absolute Gasteiger partial charge is 0.467 e. The molecule has 2 heteroatoms. The molecule has 2 heterocycles. The predicted molar refractivity (Wildman–Crippen MR) is 155 cm³/mol. The lowest BCUT2D eigenvalue weighted by Gasteiger charge is -2.36. The quantitative estimate of drug-likeness (QED) is 0.266. The number of benzene rings is 3. The van der Waals surface area contributed by atoms with E-state index in [9.17, 15) is 0 Å². The summed E-state index contributed by atoms with van der Waals surface area (Å²) in [6.45, 7) is 10.4. The lowest BCUT2D eigenvalue weighted by atomic mass is 9.70. The van der Waals surface area contributed by atoms with Gasteiger partial charge >= 0.3 is 11.7 Å². The highest BCUT2D eigenvalue weighted by Crippen LogP contribution is 2.44. The van der Waals surface area contributed by atoms with Crippen molar-refractivity contribution in [3.63, 3.8) is 0 Å². The Morgan fingerprint density at radius 3 is 2.41 bits per heavy atom. The van der Waals surface area contributed by atoms with Gasteiger partial charge in [-0.1, -0.05) is 99.2 Å². The Bertz CT molecular complexity index is 1380. The first kappa shape index (κ1) is 24.3. The van der Waals surface area contributed by atoms with Crippen molar-refractivity contribution >= 4 is 17.4 Å². The van der Waals surface area contributed by atoms with Crippen molar-refractivity contribution in [1.29, 1.82) is 0 Å². The Kier molecular flexibility index (Phi) is 6.39. The van der Waals surface area contributed by atoms with Crippen LogP contribution in [0.25, 0.3) is 11.1 Å². The number of fused-ring (bicyclic) bond motifs is 2. The van der Waals surface area contributed by atoms with Gasteiger partial charge in [-0.15, -0.1) is 0 Å². The van der Waals surface area contributed by atoms with Gasteiger partial charge in [0.05, 0.1) is 12.3 Å².